The standard InChI is InChI=1S/C13H26N2O3S/c1-5-15-11(16)10-19-9-7-8-13(3,14-4)12(17)18-6-2/h14H,5-10H2,1-4H3,(H,15,16). The Balaban J connectivity index is 3.89. The van der Waals surface area contributed by atoms with Crippen molar-refractivity contribution in [2.24, 2.45) is 0 Å². The molecule has 0 fully saturated rings. The summed E-state index contributed by atoms with van der Waals surface area (Å²) in [5.74, 6) is 1.18. The minimum atomic E-state index is -0.637. The van der Waals surface area contributed by atoms with Gasteiger partial charge in [-0.15, -0.1) is 0 Å². The summed E-state index contributed by atoms with van der Waals surface area (Å²) < 4.78 is 5.05. The third-order valence-corrected chi connectivity index (χ3v) is 3.89. The lowest BCUT2D eigenvalue weighted by Crippen LogP contribution is -2.48. The molecule has 0 radical (unpaired) electrons. The molecule has 1 amide bonds. The van der Waals surface area contributed by atoms with E-state index < -0.39 is 5.54 Å². The van der Waals surface area contributed by atoms with Crippen molar-refractivity contribution < 1.29 is 14.3 Å². The summed E-state index contributed by atoms with van der Waals surface area (Å²) >= 11 is 1.59. The van der Waals surface area contributed by atoms with Crippen molar-refractivity contribution in [3.63, 3.8) is 0 Å². The smallest absolute Gasteiger partial charge is 0.326 e. The summed E-state index contributed by atoms with van der Waals surface area (Å²) in [6.07, 6.45) is 1.56. The highest BCUT2D eigenvalue weighted by Crippen LogP contribution is 2.16. The molecule has 0 aromatic heterocycles. The van der Waals surface area contributed by atoms with E-state index in [4.69, 9.17) is 4.74 Å². The van der Waals surface area contributed by atoms with Crippen LogP contribution in [0.2, 0.25) is 0 Å². The molecule has 2 N–H and O–H groups in total. The van der Waals surface area contributed by atoms with Crippen molar-refractivity contribution in [3.8, 4) is 0 Å². The summed E-state index contributed by atoms with van der Waals surface area (Å²) in [6, 6.07) is 0. The van der Waals surface area contributed by atoms with Crippen molar-refractivity contribution >= 4 is 23.6 Å². The molecule has 0 bridgehead atoms. The molecule has 0 spiro atoms. The maximum absolute atomic E-state index is 11.8. The molecule has 0 saturated heterocycles. The number of carbonyl (C=O) groups is 2. The Hall–Kier alpha value is -0.750. The second-order valence-electron chi connectivity index (χ2n) is 4.41. The van der Waals surface area contributed by atoms with Gasteiger partial charge in [-0.25, -0.2) is 0 Å². The molecular formula is C13H26N2O3S. The van der Waals surface area contributed by atoms with Crippen LogP contribution in [0.15, 0.2) is 0 Å². The molecule has 0 aliphatic rings. The lowest BCUT2D eigenvalue weighted by Gasteiger charge is -2.26. The number of carbonyl (C=O) groups excluding carboxylic acids is 2. The van der Waals surface area contributed by atoms with Crippen LogP contribution in [0.3, 0.4) is 0 Å². The molecular weight excluding hydrogens is 264 g/mol. The zero-order valence-electron chi connectivity index (χ0n) is 12.4. The number of hydrogen-bond acceptors (Lipinski definition) is 5. The third-order valence-electron chi connectivity index (χ3n) is 2.85. The van der Waals surface area contributed by atoms with E-state index in [9.17, 15) is 9.59 Å². The number of amides is 1. The van der Waals surface area contributed by atoms with Gasteiger partial charge in [0.2, 0.25) is 5.91 Å². The molecule has 112 valence electrons. The van der Waals surface area contributed by atoms with Gasteiger partial charge in [-0.3, -0.25) is 9.59 Å². The van der Waals surface area contributed by atoms with Gasteiger partial charge in [0.25, 0.3) is 0 Å². The molecule has 6 heteroatoms. The van der Waals surface area contributed by atoms with E-state index in [-0.39, 0.29) is 11.9 Å². The zero-order chi connectivity index (χ0) is 14.7. The van der Waals surface area contributed by atoms with Crippen molar-refractivity contribution in [2.75, 3.05) is 31.7 Å². The Morgan fingerprint density at radius 1 is 1.32 bits per heavy atom. The second-order valence-corrected chi connectivity index (χ2v) is 5.52. The Bertz CT molecular complexity index is 287. The second kappa shape index (κ2) is 10.1. The van der Waals surface area contributed by atoms with Crippen molar-refractivity contribution in [1.82, 2.24) is 10.6 Å². The first-order valence-electron chi connectivity index (χ1n) is 6.70. The SMILES string of the molecule is CCNC(=O)CSCCCC(C)(NC)C(=O)OCC. The molecule has 1 atom stereocenters. The fraction of sp³-hybridized carbons (Fsp3) is 0.846. The third kappa shape index (κ3) is 7.42. The van der Waals surface area contributed by atoms with E-state index in [1.54, 1.807) is 25.7 Å². The monoisotopic (exact) mass is 290 g/mol. The van der Waals surface area contributed by atoms with Crippen LogP contribution in [-0.2, 0) is 14.3 Å². The molecule has 0 saturated carbocycles. The van der Waals surface area contributed by atoms with Gasteiger partial charge in [0.15, 0.2) is 0 Å². The van der Waals surface area contributed by atoms with Gasteiger partial charge in [0.1, 0.15) is 5.54 Å². The van der Waals surface area contributed by atoms with Crippen molar-refractivity contribution in [1.29, 1.82) is 0 Å². The molecule has 0 rings (SSSR count). The number of ether oxygens (including phenoxy) is 1. The predicted octanol–water partition coefficient (Wildman–Crippen LogP) is 1.18. The molecule has 0 aliphatic heterocycles. The predicted molar refractivity (Wildman–Crippen MR) is 79.3 cm³/mol. The number of likely N-dealkylation sites (N-methyl/N-ethyl adjacent to an activating group) is 1. The van der Waals surface area contributed by atoms with Crippen molar-refractivity contribution in [3.05, 3.63) is 0 Å². The van der Waals surface area contributed by atoms with Crippen LogP contribution in [0, 0.1) is 0 Å². The fourth-order valence-electron chi connectivity index (χ4n) is 1.56. The molecule has 19 heavy (non-hydrogen) atoms. The minimum Gasteiger partial charge on any atom is -0.465 e. The lowest BCUT2D eigenvalue weighted by molar-refractivity contribution is -0.150. The number of thioether (sulfide) groups is 1. The van der Waals surface area contributed by atoms with Crippen LogP contribution >= 0.6 is 11.8 Å². The molecule has 0 heterocycles. The summed E-state index contributed by atoms with van der Waals surface area (Å²) in [6.45, 7) is 6.61. The number of esters is 1. The van der Waals surface area contributed by atoms with Crippen LogP contribution in [-0.4, -0.2) is 49.1 Å². The summed E-state index contributed by atoms with van der Waals surface area (Å²) in [5.41, 5.74) is -0.637. The number of hydrogen-bond donors (Lipinski definition) is 2. The summed E-state index contributed by atoms with van der Waals surface area (Å²) in [5, 5.41) is 5.77. The van der Waals surface area contributed by atoms with Crippen LogP contribution < -0.4 is 10.6 Å². The van der Waals surface area contributed by atoms with E-state index in [1.807, 2.05) is 13.8 Å². The fourth-order valence-corrected chi connectivity index (χ4v) is 2.34. The zero-order valence-corrected chi connectivity index (χ0v) is 13.2. The van der Waals surface area contributed by atoms with E-state index in [1.165, 1.54) is 0 Å². The minimum absolute atomic E-state index is 0.0641. The average molecular weight is 290 g/mol. The first-order chi connectivity index (χ1) is 9.00. The van der Waals surface area contributed by atoms with E-state index in [2.05, 4.69) is 10.6 Å². The highest BCUT2D eigenvalue weighted by Gasteiger charge is 2.32. The van der Waals surface area contributed by atoms with Gasteiger partial charge in [0, 0.05) is 6.54 Å². The topological polar surface area (TPSA) is 67.4 Å². The highest BCUT2D eigenvalue weighted by molar-refractivity contribution is 7.99. The Kier molecular flexibility index (Phi) is 9.69. The lowest BCUT2D eigenvalue weighted by atomic mass is 9.97. The van der Waals surface area contributed by atoms with Crippen LogP contribution in [0.4, 0.5) is 0 Å². The summed E-state index contributed by atoms with van der Waals surface area (Å²) in [7, 11) is 1.76. The Morgan fingerprint density at radius 3 is 2.53 bits per heavy atom. The summed E-state index contributed by atoms with van der Waals surface area (Å²) in [4.78, 5) is 23.0. The Morgan fingerprint density at radius 2 is 2.00 bits per heavy atom. The maximum atomic E-state index is 11.8. The molecule has 1 unspecified atom stereocenters. The van der Waals surface area contributed by atoms with E-state index in [0.29, 0.717) is 25.3 Å². The van der Waals surface area contributed by atoms with Crippen LogP contribution in [0.1, 0.15) is 33.6 Å². The van der Waals surface area contributed by atoms with Gasteiger partial charge in [-0.05, 0) is 46.4 Å². The normalized spacial score (nSPS) is 13.7. The Labute approximate surface area is 120 Å². The molecule has 0 aromatic rings. The molecule has 0 aromatic carbocycles. The van der Waals surface area contributed by atoms with Gasteiger partial charge in [-0.2, -0.15) is 11.8 Å². The van der Waals surface area contributed by atoms with Crippen molar-refractivity contribution in [2.45, 2.75) is 39.2 Å². The van der Waals surface area contributed by atoms with Crippen LogP contribution in [0.25, 0.3) is 0 Å². The highest BCUT2D eigenvalue weighted by atomic mass is 32.2. The van der Waals surface area contributed by atoms with Gasteiger partial charge in [-0.1, -0.05) is 0 Å². The molecule has 0 aliphatic carbocycles. The van der Waals surface area contributed by atoms with E-state index in [0.717, 1.165) is 12.2 Å². The van der Waals surface area contributed by atoms with Gasteiger partial charge < -0.3 is 15.4 Å². The first-order valence-corrected chi connectivity index (χ1v) is 7.86. The maximum Gasteiger partial charge on any atom is 0.326 e. The number of rotatable bonds is 10. The molecule has 5 nitrogen and oxygen atoms in total. The average Bonchev–Trinajstić information content (AvgIpc) is 2.38. The van der Waals surface area contributed by atoms with Gasteiger partial charge >= 0.3 is 5.97 Å². The number of nitrogens with one attached hydrogen (secondary N) is 2. The largest absolute Gasteiger partial charge is 0.465 e. The first kappa shape index (κ1) is 18.2. The quantitative estimate of drug-likeness (QED) is 0.467. The van der Waals surface area contributed by atoms with E-state index >= 15 is 0 Å². The van der Waals surface area contributed by atoms with Crippen LogP contribution in [0.5, 0.6) is 0 Å². The van der Waals surface area contributed by atoms with Gasteiger partial charge in [0.05, 0.1) is 12.4 Å².